The van der Waals surface area contributed by atoms with Crippen LogP contribution in [0, 0.1) is 20.8 Å². The Morgan fingerprint density at radius 1 is 0.952 bits per heavy atom. The van der Waals surface area contributed by atoms with E-state index in [4.69, 9.17) is 9.84 Å². The van der Waals surface area contributed by atoms with E-state index in [-0.39, 0.29) is 5.60 Å². The van der Waals surface area contributed by atoms with Crippen molar-refractivity contribution in [2.45, 2.75) is 60.1 Å². The Bertz CT molecular complexity index is 1490. The van der Waals surface area contributed by atoms with Crippen LogP contribution in [-0.4, -0.2) is 42.5 Å². The molecular weight excluding hydrogens is 540 g/mol. The summed E-state index contributed by atoms with van der Waals surface area (Å²) in [5.41, 5.74) is 14.3. The van der Waals surface area contributed by atoms with Gasteiger partial charge in [-0.05, 0) is 98.7 Å². The quantitative estimate of drug-likeness (QED) is 0.188. The number of fused-ring (bicyclic) bond motifs is 3. The van der Waals surface area contributed by atoms with Gasteiger partial charge in [-0.25, -0.2) is 0 Å². The molecule has 0 saturated carbocycles. The molecule has 1 aromatic heterocycles. The van der Waals surface area contributed by atoms with Crippen molar-refractivity contribution in [2.75, 3.05) is 24.8 Å². The van der Waals surface area contributed by atoms with Crippen molar-refractivity contribution in [1.82, 2.24) is 4.98 Å². The Balaban J connectivity index is 0.000000541. The fraction of sp³-hybridized carbons (Fsp3) is 0.333. The standard InChI is InChI=1S/C30H28N2OS.C5H12O.CH4O/c1-19-8-10-22(11-9-19)28-21(3)29-26-17-23(27-7-5-6-15-31-27)12-13-24(26)18-32(34-4)30(29)20(2)25(28)14-16-33;1-5(2,3)6-4;1-2/h5-13,15-17H,14,18H2,1-4H3;1-4H3;2H,1H3. The van der Waals surface area contributed by atoms with Crippen LogP contribution >= 0.6 is 11.9 Å². The molecule has 0 fully saturated rings. The number of hydrogen-bond donors (Lipinski definition) is 1. The van der Waals surface area contributed by atoms with Gasteiger partial charge < -0.3 is 18.9 Å². The third-order valence-corrected chi connectivity index (χ3v) is 8.21. The van der Waals surface area contributed by atoms with Crippen LogP contribution in [-0.2, 0) is 22.5 Å². The minimum absolute atomic E-state index is 0.0417. The first-order valence-electron chi connectivity index (χ1n) is 14.1. The van der Waals surface area contributed by atoms with E-state index in [1.807, 2.05) is 39.1 Å². The number of hydrogen-bond acceptors (Lipinski definition) is 6. The lowest BCUT2D eigenvalue weighted by Gasteiger charge is -2.36. The number of anilines is 1. The summed E-state index contributed by atoms with van der Waals surface area (Å²) >= 11 is 1.74. The van der Waals surface area contributed by atoms with Crippen molar-refractivity contribution in [3.63, 3.8) is 0 Å². The van der Waals surface area contributed by atoms with Crippen molar-refractivity contribution in [3.05, 3.63) is 94.7 Å². The van der Waals surface area contributed by atoms with E-state index < -0.39 is 0 Å². The van der Waals surface area contributed by atoms with Gasteiger partial charge in [-0.15, -0.1) is 0 Å². The summed E-state index contributed by atoms with van der Waals surface area (Å²) in [6.07, 6.45) is 5.41. The summed E-state index contributed by atoms with van der Waals surface area (Å²) in [7, 11) is 2.71. The zero-order valence-electron chi connectivity index (χ0n) is 26.4. The number of benzene rings is 3. The highest BCUT2D eigenvalue weighted by Crippen LogP contribution is 2.50. The van der Waals surface area contributed by atoms with E-state index in [9.17, 15) is 4.79 Å². The maximum absolute atomic E-state index is 11.8. The van der Waals surface area contributed by atoms with Gasteiger partial charge in [-0.3, -0.25) is 4.98 Å². The number of rotatable bonds is 5. The molecule has 6 heteroatoms. The molecule has 2 heterocycles. The van der Waals surface area contributed by atoms with Gasteiger partial charge in [0.05, 0.1) is 23.5 Å². The number of aryl methyl sites for hydroxylation is 1. The average Bonchev–Trinajstić information content (AvgIpc) is 3.00. The van der Waals surface area contributed by atoms with Gasteiger partial charge in [-0.2, -0.15) is 0 Å². The second-order valence-corrected chi connectivity index (χ2v) is 12.0. The predicted octanol–water partition coefficient (Wildman–Crippen LogP) is 8.39. The van der Waals surface area contributed by atoms with Crippen LogP contribution in [0.15, 0.2) is 66.9 Å². The normalized spacial score (nSPS) is 11.8. The molecule has 1 N–H and O–H groups in total. The van der Waals surface area contributed by atoms with Gasteiger partial charge >= 0.3 is 0 Å². The van der Waals surface area contributed by atoms with Crippen molar-refractivity contribution in [1.29, 1.82) is 0 Å². The van der Waals surface area contributed by atoms with E-state index >= 15 is 0 Å². The molecular formula is C36H44N2O3S. The molecule has 5 nitrogen and oxygen atoms in total. The molecule has 0 atom stereocenters. The number of aromatic nitrogens is 1. The van der Waals surface area contributed by atoms with E-state index in [2.05, 4.69) is 84.8 Å². The molecule has 0 aliphatic carbocycles. The van der Waals surface area contributed by atoms with Gasteiger partial charge in [-0.1, -0.05) is 60.0 Å². The first-order chi connectivity index (χ1) is 20.1. The fourth-order valence-electron chi connectivity index (χ4n) is 5.17. The molecule has 3 aromatic carbocycles. The molecule has 0 amide bonds. The summed E-state index contributed by atoms with van der Waals surface area (Å²) in [5.74, 6) is 0. The maximum atomic E-state index is 11.8. The summed E-state index contributed by atoms with van der Waals surface area (Å²) < 4.78 is 7.31. The molecule has 4 aromatic rings. The van der Waals surface area contributed by atoms with E-state index in [1.165, 1.54) is 44.6 Å². The Hall–Kier alpha value is -3.45. The van der Waals surface area contributed by atoms with Crippen LogP contribution in [0.25, 0.3) is 33.5 Å². The Kier molecular flexibility index (Phi) is 11.5. The fourth-order valence-corrected chi connectivity index (χ4v) is 5.85. The van der Waals surface area contributed by atoms with E-state index in [0.29, 0.717) is 6.42 Å². The van der Waals surface area contributed by atoms with E-state index in [0.717, 1.165) is 42.3 Å². The summed E-state index contributed by atoms with van der Waals surface area (Å²) in [6.45, 7) is 13.4. The van der Waals surface area contributed by atoms with Gasteiger partial charge in [0.15, 0.2) is 0 Å². The Morgan fingerprint density at radius 3 is 2.14 bits per heavy atom. The first-order valence-corrected chi connectivity index (χ1v) is 15.3. The molecule has 1 aliphatic rings. The topological polar surface area (TPSA) is 62.7 Å². The van der Waals surface area contributed by atoms with Crippen LogP contribution in [0.4, 0.5) is 5.69 Å². The van der Waals surface area contributed by atoms with Crippen LogP contribution in [0.2, 0.25) is 0 Å². The smallest absolute Gasteiger partial charge is 0.124 e. The summed E-state index contributed by atoms with van der Waals surface area (Å²) in [5, 5.41) is 7.00. The second kappa shape index (κ2) is 14.6. The van der Waals surface area contributed by atoms with E-state index in [1.54, 1.807) is 19.1 Å². The van der Waals surface area contributed by atoms with Crippen molar-refractivity contribution in [3.8, 4) is 33.5 Å². The zero-order chi connectivity index (χ0) is 31.0. The SMILES string of the molecule is CO.COC(C)(C)C.CSN1Cc2ccc(-c3ccccn3)cc2-c2c(C)c(-c3ccc(C)cc3)c(CC=O)c(C)c21. The van der Waals surface area contributed by atoms with Gasteiger partial charge in [0, 0.05) is 44.2 Å². The van der Waals surface area contributed by atoms with Crippen LogP contribution in [0.5, 0.6) is 0 Å². The third kappa shape index (κ3) is 7.30. The predicted molar refractivity (Wildman–Crippen MR) is 179 cm³/mol. The maximum Gasteiger partial charge on any atom is 0.124 e. The van der Waals surface area contributed by atoms with Gasteiger partial charge in [0.25, 0.3) is 0 Å². The number of aldehydes is 1. The summed E-state index contributed by atoms with van der Waals surface area (Å²) in [6, 6.07) is 21.4. The largest absolute Gasteiger partial charge is 0.400 e. The molecule has 0 radical (unpaired) electrons. The molecule has 0 unspecified atom stereocenters. The number of aliphatic hydroxyl groups is 1. The average molecular weight is 585 g/mol. The highest BCUT2D eigenvalue weighted by molar-refractivity contribution is 7.99. The monoisotopic (exact) mass is 584 g/mol. The van der Waals surface area contributed by atoms with Crippen molar-refractivity contribution < 1.29 is 14.6 Å². The lowest BCUT2D eigenvalue weighted by Crippen LogP contribution is -2.22. The molecule has 1 aliphatic heterocycles. The molecule has 0 saturated heterocycles. The van der Waals surface area contributed by atoms with Gasteiger partial charge in [0.2, 0.25) is 0 Å². The minimum atomic E-state index is 0.0417. The number of nitrogens with zero attached hydrogens (tertiary/aromatic N) is 2. The number of aliphatic hydroxyl groups excluding tert-OH is 1. The number of methoxy groups -OCH3 is 1. The summed E-state index contributed by atoms with van der Waals surface area (Å²) in [4.78, 5) is 16.4. The van der Waals surface area contributed by atoms with Crippen LogP contribution < -0.4 is 4.31 Å². The Labute approximate surface area is 256 Å². The van der Waals surface area contributed by atoms with Crippen molar-refractivity contribution in [2.24, 2.45) is 0 Å². The molecule has 5 rings (SSSR count). The number of carbonyl (C=O) groups is 1. The number of pyridine rings is 1. The van der Waals surface area contributed by atoms with Gasteiger partial charge in [0.1, 0.15) is 6.29 Å². The molecule has 42 heavy (non-hydrogen) atoms. The molecule has 0 bridgehead atoms. The third-order valence-electron chi connectivity index (χ3n) is 7.46. The highest BCUT2D eigenvalue weighted by atomic mass is 32.2. The zero-order valence-corrected chi connectivity index (χ0v) is 27.2. The second-order valence-electron chi connectivity index (χ2n) is 11.2. The lowest BCUT2D eigenvalue weighted by atomic mass is 9.80. The lowest BCUT2D eigenvalue weighted by molar-refractivity contribution is -0.107. The minimum Gasteiger partial charge on any atom is -0.400 e. The highest BCUT2D eigenvalue weighted by Gasteiger charge is 2.30. The first kappa shape index (κ1) is 33.1. The number of ether oxygens (including phenoxy) is 1. The van der Waals surface area contributed by atoms with Crippen LogP contribution in [0.1, 0.15) is 48.6 Å². The number of carbonyl (C=O) groups excluding carboxylic acids is 1. The Morgan fingerprint density at radius 2 is 1.60 bits per heavy atom. The molecule has 0 spiro atoms. The van der Waals surface area contributed by atoms with Crippen LogP contribution in [0.3, 0.4) is 0 Å². The molecule has 222 valence electrons. The van der Waals surface area contributed by atoms with Crippen molar-refractivity contribution >= 4 is 23.9 Å².